The first-order valence-electron chi connectivity index (χ1n) is 22.9. The molecule has 0 bridgehead atoms. The number of benzene rings is 10. The van der Waals surface area contributed by atoms with Gasteiger partial charge in [-0.25, -0.2) is 15.0 Å². The summed E-state index contributed by atoms with van der Waals surface area (Å²) in [6.07, 6.45) is 0. The molecule has 13 aromatic rings. The molecular formula is C63H40N4O. The van der Waals surface area contributed by atoms with Gasteiger partial charge in [-0.2, -0.15) is 0 Å². The maximum atomic E-state index is 6.84. The van der Waals surface area contributed by atoms with Gasteiger partial charge in [0, 0.05) is 43.9 Å². The van der Waals surface area contributed by atoms with Crippen molar-refractivity contribution in [2.24, 2.45) is 0 Å². The van der Waals surface area contributed by atoms with Gasteiger partial charge in [0.15, 0.2) is 17.5 Å². The summed E-state index contributed by atoms with van der Waals surface area (Å²) in [4.78, 5) is 15.6. The molecule has 0 aliphatic heterocycles. The topological polar surface area (TPSA) is 56.7 Å². The molecule has 3 heterocycles. The zero-order valence-electron chi connectivity index (χ0n) is 36.8. The summed E-state index contributed by atoms with van der Waals surface area (Å²) in [5.41, 5.74) is 16.5. The third kappa shape index (κ3) is 6.93. The quantitative estimate of drug-likeness (QED) is 0.153. The normalized spacial score (nSPS) is 11.5. The van der Waals surface area contributed by atoms with E-state index in [9.17, 15) is 0 Å². The number of rotatable bonds is 8. The van der Waals surface area contributed by atoms with Gasteiger partial charge in [-0.3, -0.25) is 0 Å². The lowest BCUT2D eigenvalue weighted by molar-refractivity contribution is 0.669. The van der Waals surface area contributed by atoms with E-state index in [2.05, 4.69) is 211 Å². The van der Waals surface area contributed by atoms with E-state index < -0.39 is 0 Å². The Labute approximate surface area is 392 Å². The molecule has 0 amide bonds. The largest absolute Gasteiger partial charge is 0.456 e. The summed E-state index contributed by atoms with van der Waals surface area (Å²) in [6.45, 7) is 0. The Kier molecular flexibility index (Phi) is 9.43. The van der Waals surface area contributed by atoms with Crippen LogP contribution in [0.25, 0.3) is 128 Å². The monoisotopic (exact) mass is 868 g/mol. The van der Waals surface area contributed by atoms with Crippen molar-refractivity contribution in [2.75, 3.05) is 0 Å². The molecule has 0 saturated carbocycles. The van der Waals surface area contributed by atoms with Crippen LogP contribution >= 0.6 is 0 Å². The third-order valence-corrected chi connectivity index (χ3v) is 13.0. The second kappa shape index (κ2) is 16.4. The van der Waals surface area contributed by atoms with E-state index in [1.165, 1.54) is 5.39 Å². The van der Waals surface area contributed by atoms with Crippen molar-refractivity contribution in [3.8, 4) is 84.4 Å². The summed E-state index contributed by atoms with van der Waals surface area (Å²) in [7, 11) is 0. The molecule has 5 nitrogen and oxygen atoms in total. The molecule has 3 aromatic heterocycles. The molecular weight excluding hydrogens is 829 g/mol. The highest BCUT2D eigenvalue weighted by Gasteiger charge is 2.21. The second-order valence-corrected chi connectivity index (χ2v) is 17.2. The highest BCUT2D eigenvalue weighted by molar-refractivity contribution is 6.17. The van der Waals surface area contributed by atoms with E-state index in [0.29, 0.717) is 17.5 Å². The van der Waals surface area contributed by atoms with E-state index in [4.69, 9.17) is 19.4 Å². The van der Waals surface area contributed by atoms with Crippen LogP contribution in [0.15, 0.2) is 247 Å². The molecule has 0 atom stereocenters. The standard InChI is InChI=1S/C63H40N4O/c1-6-18-41(19-7-1)47-34-48(42-20-8-2-9-21-42)36-49(35-47)45-30-32-51(56(37-45)63-65-61(43-22-10-3-11-23-43)64-62(66-63)44-24-12-4-13-25-44)46-31-33-53-55-39-58-54(40-60(55)68-59(53)38-46)52-28-16-17-29-57(52)67(58)50-26-14-5-15-27-50/h1-40H. The molecule has 13 rings (SSSR count). The number of hydrogen-bond donors (Lipinski definition) is 0. The number of para-hydroxylation sites is 2. The molecule has 0 saturated heterocycles. The van der Waals surface area contributed by atoms with Crippen molar-refractivity contribution >= 4 is 43.7 Å². The van der Waals surface area contributed by atoms with Gasteiger partial charge >= 0.3 is 0 Å². The molecule has 0 aliphatic carbocycles. The minimum absolute atomic E-state index is 0.581. The Hall–Kier alpha value is -9.19. The first kappa shape index (κ1) is 39.2. The maximum absolute atomic E-state index is 6.84. The van der Waals surface area contributed by atoms with Crippen LogP contribution < -0.4 is 0 Å². The number of furan rings is 1. The van der Waals surface area contributed by atoms with Crippen molar-refractivity contribution in [2.45, 2.75) is 0 Å². The molecule has 68 heavy (non-hydrogen) atoms. The first-order chi connectivity index (χ1) is 33.7. The third-order valence-electron chi connectivity index (χ3n) is 13.0. The molecule has 0 unspecified atom stereocenters. The van der Waals surface area contributed by atoms with Crippen LogP contribution in [0.1, 0.15) is 0 Å². The Morgan fingerprint density at radius 1 is 0.265 bits per heavy atom. The van der Waals surface area contributed by atoms with E-state index in [1.807, 2.05) is 36.4 Å². The lowest BCUT2D eigenvalue weighted by Gasteiger charge is -2.16. The number of hydrogen-bond acceptors (Lipinski definition) is 4. The zero-order valence-corrected chi connectivity index (χ0v) is 36.8. The molecule has 0 N–H and O–H groups in total. The molecule has 0 radical (unpaired) electrons. The summed E-state index contributed by atoms with van der Waals surface area (Å²) < 4.78 is 9.19. The van der Waals surface area contributed by atoms with Crippen LogP contribution in [-0.2, 0) is 0 Å². The highest BCUT2D eigenvalue weighted by atomic mass is 16.3. The van der Waals surface area contributed by atoms with Crippen molar-refractivity contribution in [3.63, 3.8) is 0 Å². The predicted molar refractivity (Wildman–Crippen MR) is 279 cm³/mol. The summed E-state index contributed by atoms with van der Waals surface area (Å²) >= 11 is 0. The Morgan fingerprint density at radius 2 is 0.765 bits per heavy atom. The van der Waals surface area contributed by atoms with Gasteiger partial charge in [0.05, 0.1) is 11.0 Å². The van der Waals surface area contributed by atoms with Gasteiger partial charge in [0.1, 0.15) is 11.2 Å². The van der Waals surface area contributed by atoms with Crippen molar-refractivity contribution in [3.05, 3.63) is 243 Å². The summed E-state index contributed by atoms with van der Waals surface area (Å²) in [6, 6.07) is 85.3. The van der Waals surface area contributed by atoms with E-state index in [1.54, 1.807) is 0 Å². The average molecular weight is 869 g/mol. The van der Waals surface area contributed by atoms with Crippen LogP contribution in [0, 0.1) is 0 Å². The lowest BCUT2D eigenvalue weighted by atomic mass is 9.90. The van der Waals surface area contributed by atoms with Gasteiger partial charge in [-0.05, 0) is 111 Å². The smallest absolute Gasteiger partial charge is 0.164 e. The van der Waals surface area contributed by atoms with Crippen molar-refractivity contribution < 1.29 is 4.42 Å². The molecule has 318 valence electrons. The zero-order chi connectivity index (χ0) is 45.0. The lowest BCUT2D eigenvalue weighted by Crippen LogP contribution is -2.01. The van der Waals surface area contributed by atoms with Gasteiger partial charge in [0.25, 0.3) is 0 Å². The van der Waals surface area contributed by atoms with Gasteiger partial charge < -0.3 is 8.98 Å². The minimum atomic E-state index is 0.581. The number of fused-ring (bicyclic) bond motifs is 6. The fourth-order valence-electron chi connectivity index (χ4n) is 9.74. The second-order valence-electron chi connectivity index (χ2n) is 17.2. The first-order valence-corrected chi connectivity index (χ1v) is 22.9. The fourth-order valence-corrected chi connectivity index (χ4v) is 9.74. The van der Waals surface area contributed by atoms with E-state index in [0.717, 1.165) is 105 Å². The Morgan fingerprint density at radius 3 is 1.38 bits per heavy atom. The molecule has 0 aliphatic rings. The molecule has 0 fully saturated rings. The van der Waals surface area contributed by atoms with Gasteiger partial charge in [0.2, 0.25) is 0 Å². The molecule has 10 aromatic carbocycles. The average Bonchev–Trinajstić information content (AvgIpc) is 3.95. The Balaban J connectivity index is 1.03. The summed E-state index contributed by atoms with van der Waals surface area (Å²) in [5.74, 6) is 1.79. The molecule has 0 spiro atoms. The van der Waals surface area contributed by atoms with Gasteiger partial charge in [-0.1, -0.05) is 176 Å². The van der Waals surface area contributed by atoms with Crippen LogP contribution in [0.3, 0.4) is 0 Å². The fraction of sp³-hybridized carbons (Fsp3) is 0. The molecule has 5 heteroatoms. The predicted octanol–water partition coefficient (Wildman–Crippen LogP) is 16.5. The van der Waals surface area contributed by atoms with E-state index in [-0.39, 0.29) is 0 Å². The van der Waals surface area contributed by atoms with Crippen LogP contribution in [0.4, 0.5) is 0 Å². The minimum Gasteiger partial charge on any atom is -0.456 e. The number of nitrogens with zero attached hydrogens (tertiary/aromatic N) is 4. The van der Waals surface area contributed by atoms with Crippen LogP contribution in [0.5, 0.6) is 0 Å². The van der Waals surface area contributed by atoms with Gasteiger partial charge in [-0.15, -0.1) is 0 Å². The highest BCUT2D eigenvalue weighted by Crippen LogP contribution is 2.42. The van der Waals surface area contributed by atoms with Crippen molar-refractivity contribution in [1.29, 1.82) is 0 Å². The Bertz CT molecular complexity index is 3880. The number of aromatic nitrogens is 4. The maximum Gasteiger partial charge on any atom is 0.164 e. The summed E-state index contributed by atoms with van der Waals surface area (Å²) in [5, 5.41) is 4.46. The van der Waals surface area contributed by atoms with Crippen molar-refractivity contribution in [1.82, 2.24) is 19.5 Å². The van der Waals surface area contributed by atoms with Crippen LogP contribution in [-0.4, -0.2) is 19.5 Å². The van der Waals surface area contributed by atoms with E-state index >= 15 is 0 Å². The van der Waals surface area contributed by atoms with Crippen LogP contribution in [0.2, 0.25) is 0 Å². The SMILES string of the molecule is c1ccc(-c2cc(-c3ccccc3)cc(-c3ccc(-c4ccc5c(c4)oc4cc6c7ccccc7n(-c7ccccc7)c6cc45)c(-c4nc(-c5ccccc5)nc(-c5ccccc5)n4)c3)c2)cc1.